The Kier molecular flexibility index (Phi) is 5.31. The highest BCUT2D eigenvalue weighted by Crippen LogP contribution is 2.38. The summed E-state index contributed by atoms with van der Waals surface area (Å²) in [6, 6.07) is 24.7. The van der Waals surface area contributed by atoms with E-state index in [1.807, 2.05) is 18.2 Å². The van der Waals surface area contributed by atoms with E-state index in [1.54, 1.807) is 0 Å². The van der Waals surface area contributed by atoms with Crippen LogP contribution in [0, 0.1) is 6.92 Å². The van der Waals surface area contributed by atoms with E-state index in [0.29, 0.717) is 24.7 Å². The lowest BCUT2D eigenvalue weighted by Crippen LogP contribution is -2.24. The molecule has 0 saturated carbocycles. The summed E-state index contributed by atoms with van der Waals surface area (Å²) in [5.41, 5.74) is 5.72. The first-order chi connectivity index (χ1) is 15.6. The van der Waals surface area contributed by atoms with Crippen molar-refractivity contribution in [2.24, 2.45) is 0 Å². The van der Waals surface area contributed by atoms with Crippen molar-refractivity contribution in [3.05, 3.63) is 95.2 Å². The Morgan fingerprint density at radius 2 is 1.84 bits per heavy atom. The van der Waals surface area contributed by atoms with Gasteiger partial charge < -0.3 is 23.9 Å². The Morgan fingerprint density at radius 3 is 2.66 bits per heavy atom. The van der Waals surface area contributed by atoms with E-state index in [9.17, 15) is 9.90 Å². The first kappa shape index (κ1) is 20.2. The molecule has 1 aliphatic heterocycles. The number of aliphatic carboxylic acids is 1. The highest BCUT2D eigenvalue weighted by atomic mass is 16.5. The van der Waals surface area contributed by atoms with Gasteiger partial charge in [-0.15, -0.1) is 0 Å². The van der Waals surface area contributed by atoms with Crippen LogP contribution >= 0.6 is 0 Å². The van der Waals surface area contributed by atoms with Gasteiger partial charge in [-0.25, -0.2) is 0 Å². The summed E-state index contributed by atoms with van der Waals surface area (Å²) >= 11 is 0. The molecule has 162 valence electrons. The first-order valence-electron chi connectivity index (χ1n) is 10.8. The van der Waals surface area contributed by atoms with Crippen LogP contribution in [0.1, 0.15) is 34.7 Å². The van der Waals surface area contributed by atoms with E-state index in [2.05, 4.69) is 66.1 Å². The fraction of sp³-hybridized carbons (Fsp3) is 0.222. The van der Waals surface area contributed by atoms with E-state index >= 15 is 0 Å². The average Bonchev–Trinajstić information content (AvgIpc) is 3.33. The molecule has 2 heterocycles. The molecular weight excluding hydrogens is 402 g/mol. The Hall–Kier alpha value is -3.73. The minimum atomic E-state index is -1.06. The molecule has 1 unspecified atom stereocenters. The van der Waals surface area contributed by atoms with Gasteiger partial charge in [0.1, 0.15) is 18.1 Å². The van der Waals surface area contributed by atoms with Crippen LogP contribution in [0.15, 0.2) is 72.8 Å². The molecule has 3 aromatic carbocycles. The van der Waals surface area contributed by atoms with Crippen molar-refractivity contribution in [1.82, 2.24) is 4.57 Å². The number of nitrogens with zero attached hydrogens (tertiary/aromatic N) is 1. The minimum Gasteiger partial charge on any atom is -0.550 e. The van der Waals surface area contributed by atoms with Crippen LogP contribution in [0.4, 0.5) is 0 Å². The van der Waals surface area contributed by atoms with Crippen LogP contribution in [0.5, 0.6) is 11.5 Å². The lowest BCUT2D eigenvalue weighted by molar-refractivity contribution is -0.306. The normalized spacial score (nSPS) is 14.8. The largest absolute Gasteiger partial charge is 0.550 e. The topological polar surface area (TPSA) is 63.5 Å². The van der Waals surface area contributed by atoms with Gasteiger partial charge in [0.15, 0.2) is 0 Å². The number of carbonyl (C=O) groups excluding carboxylic acids is 1. The standard InChI is InChI=1S/C27H25NO4/c1-18-12-21-4-2-3-5-25(21)28(18)15-19-6-8-20(9-7-19)16-31-23-10-11-24-22(13-27(29)30)17-32-26(24)14-23/h2-12,14,22H,13,15-17H2,1H3,(H,29,30)/p-1. The van der Waals surface area contributed by atoms with Gasteiger partial charge >= 0.3 is 0 Å². The van der Waals surface area contributed by atoms with E-state index < -0.39 is 5.97 Å². The maximum absolute atomic E-state index is 10.9. The number of rotatable bonds is 7. The SMILES string of the molecule is Cc1cc2ccccc2n1Cc1ccc(COc2ccc3c(c2)OCC3CC(=O)[O-])cc1. The number of aromatic nitrogens is 1. The van der Waals surface area contributed by atoms with Crippen molar-refractivity contribution >= 4 is 16.9 Å². The predicted molar refractivity (Wildman–Crippen MR) is 121 cm³/mol. The van der Waals surface area contributed by atoms with Crippen LogP contribution in [0.2, 0.25) is 0 Å². The molecule has 0 fully saturated rings. The molecule has 0 N–H and O–H groups in total. The highest BCUT2D eigenvalue weighted by molar-refractivity contribution is 5.81. The predicted octanol–water partition coefficient (Wildman–Crippen LogP) is 4.19. The van der Waals surface area contributed by atoms with E-state index in [1.165, 1.54) is 22.2 Å². The summed E-state index contributed by atoms with van der Waals surface area (Å²) in [7, 11) is 0. The van der Waals surface area contributed by atoms with Gasteiger partial charge in [-0.05, 0) is 48.1 Å². The van der Waals surface area contributed by atoms with Crippen molar-refractivity contribution in [1.29, 1.82) is 0 Å². The number of hydrogen-bond acceptors (Lipinski definition) is 4. The number of fused-ring (bicyclic) bond motifs is 2. The number of carboxylic acids is 1. The lowest BCUT2D eigenvalue weighted by atomic mass is 9.98. The van der Waals surface area contributed by atoms with Crippen molar-refractivity contribution in [3.63, 3.8) is 0 Å². The summed E-state index contributed by atoms with van der Waals surface area (Å²) in [6.45, 7) is 3.79. The van der Waals surface area contributed by atoms with E-state index in [0.717, 1.165) is 17.7 Å². The third kappa shape index (κ3) is 4.06. The zero-order valence-electron chi connectivity index (χ0n) is 17.9. The summed E-state index contributed by atoms with van der Waals surface area (Å²) < 4.78 is 13.9. The maximum atomic E-state index is 10.9. The Bertz CT molecular complexity index is 1270. The number of para-hydroxylation sites is 1. The molecule has 5 heteroatoms. The molecule has 0 saturated heterocycles. The Labute approximate surface area is 186 Å². The van der Waals surface area contributed by atoms with Crippen LogP contribution < -0.4 is 14.6 Å². The fourth-order valence-corrected chi connectivity index (χ4v) is 4.37. The van der Waals surface area contributed by atoms with Gasteiger partial charge in [0.05, 0.1) is 6.61 Å². The fourth-order valence-electron chi connectivity index (χ4n) is 4.37. The zero-order valence-corrected chi connectivity index (χ0v) is 17.9. The third-order valence-electron chi connectivity index (χ3n) is 6.06. The lowest BCUT2D eigenvalue weighted by Gasteiger charge is -2.11. The van der Waals surface area contributed by atoms with Crippen molar-refractivity contribution in [2.75, 3.05) is 6.61 Å². The van der Waals surface area contributed by atoms with Crippen molar-refractivity contribution in [3.8, 4) is 11.5 Å². The molecule has 0 aliphatic carbocycles. The Morgan fingerprint density at radius 1 is 1.06 bits per heavy atom. The molecule has 1 atom stereocenters. The van der Waals surface area contributed by atoms with Gasteiger partial charge in [-0.1, -0.05) is 48.5 Å². The molecule has 0 bridgehead atoms. The molecule has 0 amide bonds. The van der Waals surface area contributed by atoms with Gasteiger partial charge in [0.25, 0.3) is 0 Å². The summed E-state index contributed by atoms with van der Waals surface area (Å²) in [4.78, 5) is 10.9. The second-order valence-electron chi connectivity index (χ2n) is 8.32. The summed E-state index contributed by atoms with van der Waals surface area (Å²) in [5.74, 6) is 0.183. The second kappa shape index (κ2) is 8.42. The second-order valence-corrected chi connectivity index (χ2v) is 8.32. The Balaban J connectivity index is 1.23. The van der Waals surface area contributed by atoms with Crippen molar-refractivity contribution in [2.45, 2.75) is 32.4 Å². The maximum Gasteiger partial charge on any atom is 0.126 e. The van der Waals surface area contributed by atoms with E-state index in [-0.39, 0.29) is 12.3 Å². The van der Waals surface area contributed by atoms with Crippen LogP contribution in [-0.4, -0.2) is 17.1 Å². The number of ether oxygens (including phenoxy) is 2. The number of aryl methyl sites for hydroxylation is 1. The highest BCUT2D eigenvalue weighted by Gasteiger charge is 2.24. The van der Waals surface area contributed by atoms with Crippen LogP contribution in [0.25, 0.3) is 10.9 Å². The zero-order chi connectivity index (χ0) is 22.1. The first-order valence-corrected chi connectivity index (χ1v) is 10.8. The monoisotopic (exact) mass is 426 g/mol. The summed E-state index contributed by atoms with van der Waals surface area (Å²) in [6.07, 6.45) is -0.0299. The average molecular weight is 426 g/mol. The number of carboxylic acid groups (broad SMARTS) is 1. The van der Waals surface area contributed by atoms with Crippen molar-refractivity contribution < 1.29 is 19.4 Å². The molecule has 1 aromatic heterocycles. The molecule has 0 radical (unpaired) electrons. The van der Waals surface area contributed by atoms with Crippen LogP contribution in [-0.2, 0) is 17.9 Å². The van der Waals surface area contributed by atoms with Gasteiger partial charge in [0.2, 0.25) is 0 Å². The molecule has 1 aliphatic rings. The number of benzene rings is 3. The number of hydrogen-bond donors (Lipinski definition) is 0. The molecular formula is C27H24NO4-. The van der Waals surface area contributed by atoms with Gasteiger partial charge in [-0.3, -0.25) is 0 Å². The van der Waals surface area contributed by atoms with Crippen LogP contribution in [0.3, 0.4) is 0 Å². The molecule has 4 aromatic rings. The molecule has 5 nitrogen and oxygen atoms in total. The third-order valence-corrected chi connectivity index (χ3v) is 6.06. The minimum absolute atomic E-state index is 0.0299. The van der Waals surface area contributed by atoms with Gasteiger partial charge in [-0.2, -0.15) is 0 Å². The van der Waals surface area contributed by atoms with E-state index in [4.69, 9.17) is 9.47 Å². The quantitative estimate of drug-likeness (QED) is 0.445. The van der Waals surface area contributed by atoms with Gasteiger partial charge in [0, 0.05) is 41.3 Å². The number of carbonyl (C=O) groups is 1. The molecule has 32 heavy (non-hydrogen) atoms. The smallest absolute Gasteiger partial charge is 0.126 e. The molecule has 0 spiro atoms. The summed E-state index contributed by atoms with van der Waals surface area (Å²) in [5, 5.41) is 12.1. The molecule has 5 rings (SSSR count).